The van der Waals surface area contributed by atoms with E-state index >= 15 is 0 Å². The lowest BCUT2D eigenvalue weighted by atomic mass is 10.3. The molecule has 0 aliphatic heterocycles. The van der Waals surface area contributed by atoms with Crippen molar-refractivity contribution in [2.24, 2.45) is 5.73 Å². The van der Waals surface area contributed by atoms with E-state index in [2.05, 4.69) is 25.5 Å². The summed E-state index contributed by atoms with van der Waals surface area (Å²) in [6, 6.07) is 12.0. The Bertz CT molecular complexity index is 486. The molecule has 0 saturated heterocycles. The van der Waals surface area contributed by atoms with Crippen LogP contribution in [0.3, 0.4) is 0 Å². The van der Waals surface area contributed by atoms with E-state index in [0.717, 1.165) is 57.2 Å². The van der Waals surface area contributed by atoms with Crippen molar-refractivity contribution in [3.05, 3.63) is 60.2 Å². The van der Waals surface area contributed by atoms with E-state index in [-0.39, 0.29) is 0 Å². The molecule has 24 heavy (non-hydrogen) atoms. The van der Waals surface area contributed by atoms with E-state index in [0.29, 0.717) is 6.54 Å². The number of nitrogens with two attached hydrogens (primary N) is 1. The van der Waals surface area contributed by atoms with Crippen LogP contribution in [0.1, 0.15) is 11.4 Å². The third-order valence-corrected chi connectivity index (χ3v) is 3.72. The van der Waals surface area contributed by atoms with Crippen molar-refractivity contribution in [2.45, 2.75) is 13.1 Å². The topological polar surface area (TPSA) is 79.1 Å². The molecule has 0 spiro atoms. The fourth-order valence-corrected chi connectivity index (χ4v) is 2.43. The lowest BCUT2D eigenvalue weighted by Crippen LogP contribution is -2.39. The monoisotopic (exact) mass is 328 g/mol. The second-order valence-corrected chi connectivity index (χ2v) is 5.63. The molecule has 6 nitrogen and oxygen atoms in total. The minimum Gasteiger partial charge on any atom is -0.329 e. The Labute approximate surface area is 144 Å². The summed E-state index contributed by atoms with van der Waals surface area (Å²) in [6.45, 7) is 7.01. The fraction of sp³-hybridized carbons (Fsp3) is 0.444. The molecule has 0 amide bonds. The first kappa shape index (κ1) is 18.5. The van der Waals surface area contributed by atoms with Crippen LogP contribution in [0.2, 0.25) is 0 Å². The zero-order valence-electron chi connectivity index (χ0n) is 14.2. The lowest BCUT2D eigenvalue weighted by Gasteiger charge is -2.22. The normalized spacial score (nSPS) is 11.1. The molecular formula is C18H28N6. The summed E-state index contributed by atoms with van der Waals surface area (Å²) in [4.78, 5) is 11.0. The molecule has 0 saturated carbocycles. The standard InChI is InChI=1S/C18H28N6/c19-7-12-24(13-10-20-15-17-5-1-3-8-22-17)14-11-21-16-18-6-2-4-9-23-18/h1-6,8-9,20-21H,7,10-16,19H2. The number of rotatable bonds is 12. The van der Waals surface area contributed by atoms with Crippen molar-refractivity contribution < 1.29 is 0 Å². The summed E-state index contributed by atoms with van der Waals surface area (Å²) in [5.41, 5.74) is 7.86. The number of hydrogen-bond donors (Lipinski definition) is 3. The molecule has 0 aromatic carbocycles. The van der Waals surface area contributed by atoms with E-state index in [1.54, 1.807) is 0 Å². The molecule has 130 valence electrons. The van der Waals surface area contributed by atoms with Gasteiger partial charge in [-0.05, 0) is 24.3 Å². The van der Waals surface area contributed by atoms with Crippen molar-refractivity contribution in [1.29, 1.82) is 0 Å². The highest BCUT2D eigenvalue weighted by Crippen LogP contribution is 1.93. The Hall–Kier alpha value is -1.86. The van der Waals surface area contributed by atoms with Crippen molar-refractivity contribution in [2.75, 3.05) is 39.3 Å². The zero-order chi connectivity index (χ0) is 16.9. The maximum absolute atomic E-state index is 5.72. The van der Waals surface area contributed by atoms with Crippen molar-refractivity contribution >= 4 is 0 Å². The van der Waals surface area contributed by atoms with E-state index in [4.69, 9.17) is 5.73 Å². The minimum absolute atomic E-state index is 0.681. The quantitative estimate of drug-likeness (QED) is 0.496. The molecule has 2 heterocycles. The van der Waals surface area contributed by atoms with Gasteiger partial charge in [-0.2, -0.15) is 0 Å². The predicted octanol–water partition coefficient (Wildman–Crippen LogP) is 0.617. The van der Waals surface area contributed by atoms with E-state index in [9.17, 15) is 0 Å². The molecule has 4 N–H and O–H groups in total. The van der Waals surface area contributed by atoms with Gasteiger partial charge in [0.1, 0.15) is 0 Å². The van der Waals surface area contributed by atoms with Crippen LogP contribution in [0, 0.1) is 0 Å². The molecule has 0 unspecified atom stereocenters. The Balaban J connectivity index is 1.58. The summed E-state index contributed by atoms with van der Waals surface area (Å²) in [5, 5.41) is 6.86. The van der Waals surface area contributed by atoms with Crippen LogP contribution < -0.4 is 16.4 Å². The summed E-state index contributed by atoms with van der Waals surface area (Å²) < 4.78 is 0. The third kappa shape index (κ3) is 7.61. The second kappa shape index (κ2) is 11.6. The average Bonchev–Trinajstić information content (AvgIpc) is 2.64. The summed E-state index contributed by atoms with van der Waals surface area (Å²) in [7, 11) is 0. The second-order valence-electron chi connectivity index (χ2n) is 5.63. The summed E-state index contributed by atoms with van der Waals surface area (Å²) >= 11 is 0. The Morgan fingerprint density at radius 3 is 1.75 bits per heavy atom. The molecule has 0 radical (unpaired) electrons. The van der Waals surface area contributed by atoms with Crippen molar-refractivity contribution in [1.82, 2.24) is 25.5 Å². The van der Waals surface area contributed by atoms with Gasteiger partial charge in [0.15, 0.2) is 0 Å². The average molecular weight is 328 g/mol. The number of nitrogens with zero attached hydrogens (tertiary/aromatic N) is 3. The minimum atomic E-state index is 0.681. The van der Waals surface area contributed by atoms with Gasteiger partial charge < -0.3 is 16.4 Å². The molecule has 2 aromatic heterocycles. The highest BCUT2D eigenvalue weighted by molar-refractivity contribution is 5.03. The van der Waals surface area contributed by atoms with Crippen LogP contribution in [-0.2, 0) is 13.1 Å². The maximum atomic E-state index is 5.72. The molecule has 0 atom stereocenters. The van der Waals surface area contributed by atoms with Crippen LogP contribution in [0.4, 0.5) is 0 Å². The van der Waals surface area contributed by atoms with Crippen LogP contribution in [0.15, 0.2) is 48.8 Å². The van der Waals surface area contributed by atoms with Gasteiger partial charge in [-0.1, -0.05) is 12.1 Å². The molecule has 2 aromatic rings. The van der Waals surface area contributed by atoms with Crippen LogP contribution in [-0.4, -0.2) is 54.1 Å². The van der Waals surface area contributed by atoms with Gasteiger partial charge in [0.05, 0.1) is 11.4 Å². The van der Waals surface area contributed by atoms with E-state index < -0.39 is 0 Å². The largest absolute Gasteiger partial charge is 0.329 e. The molecule has 6 heteroatoms. The number of nitrogens with one attached hydrogen (secondary N) is 2. The Morgan fingerprint density at radius 1 is 0.792 bits per heavy atom. The van der Waals surface area contributed by atoms with E-state index in [1.165, 1.54) is 0 Å². The highest BCUT2D eigenvalue weighted by atomic mass is 15.2. The Kier molecular flexibility index (Phi) is 8.96. The number of aromatic nitrogens is 2. The Morgan fingerprint density at radius 2 is 1.33 bits per heavy atom. The first-order valence-corrected chi connectivity index (χ1v) is 8.52. The smallest absolute Gasteiger partial charge is 0.0541 e. The maximum Gasteiger partial charge on any atom is 0.0541 e. The summed E-state index contributed by atoms with van der Waals surface area (Å²) in [5.74, 6) is 0. The van der Waals surface area contributed by atoms with Gasteiger partial charge in [-0.15, -0.1) is 0 Å². The molecule has 0 bridgehead atoms. The van der Waals surface area contributed by atoms with Gasteiger partial charge in [0.2, 0.25) is 0 Å². The third-order valence-electron chi connectivity index (χ3n) is 3.72. The molecule has 0 aliphatic rings. The first-order valence-electron chi connectivity index (χ1n) is 8.52. The van der Waals surface area contributed by atoms with Gasteiger partial charge in [0, 0.05) is 64.8 Å². The van der Waals surface area contributed by atoms with E-state index in [1.807, 2.05) is 48.8 Å². The molecule has 0 fully saturated rings. The lowest BCUT2D eigenvalue weighted by molar-refractivity contribution is 0.279. The van der Waals surface area contributed by atoms with Gasteiger partial charge in [-0.3, -0.25) is 14.9 Å². The molecule has 2 rings (SSSR count). The van der Waals surface area contributed by atoms with Crippen molar-refractivity contribution in [3.63, 3.8) is 0 Å². The van der Waals surface area contributed by atoms with Gasteiger partial charge in [-0.25, -0.2) is 0 Å². The first-order chi connectivity index (χ1) is 11.9. The van der Waals surface area contributed by atoms with Gasteiger partial charge in [0.25, 0.3) is 0 Å². The molecule has 0 aliphatic carbocycles. The zero-order valence-corrected chi connectivity index (χ0v) is 14.2. The van der Waals surface area contributed by atoms with Gasteiger partial charge >= 0.3 is 0 Å². The highest BCUT2D eigenvalue weighted by Gasteiger charge is 2.03. The predicted molar refractivity (Wildman–Crippen MR) is 97.4 cm³/mol. The molecular weight excluding hydrogens is 300 g/mol. The number of pyridine rings is 2. The van der Waals surface area contributed by atoms with Crippen molar-refractivity contribution in [3.8, 4) is 0 Å². The van der Waals surface area contributed by atoms with Crippen LogP contribution >= 0.6 is 0 Å². The van der Waals surface area contributed by atoms with Crippen LogP contribution in [0.25, 0.3) is 0 Å². The fourth-order valence-electron chi connectivity index (χ4n) is 2.43. The SMILES string of the molecule is NCCN(CCNCc1ccccn1)CCNCc1ccccn1. The van der Waals surface area contributed by atoms with Crippen LogP contribution in [0.5, 0.6) is 0 Å². The summed E-state index contributed by atoms with van der Waals surface area (Å²) in [6.07, 6.45) is 3.65. The number of hydrogen-bond acceptors (Lipinski definition) is 6.